The van der Waals surface area contributed by atoms with E-state index in [1.165, 1.54) is 30.2 Å². The van der Waals surface area contributed by atoms with Gasteiger partial charge in [0.15, 0.2) is 0 Å². The van der Waals surface area contributed by atoms with Crippen molar-refractivity contribution < 1.29 is 4.42 Å². The highest BCUT2D eigenvalue weighted by atomic mass is 16.3. The summed E-state index contributed by atoms with van der Waals surface area (Å²) in [4.78, 5) is 0. The Bertz CT molecular complexity index is 515. The zero-order valence-corrected chi connectivity index (χ0v) is 12.3. The van der Waals surface area contributed by atoms with Crippen molar-refractivity contribution in [1.82, 2.24) is 5.32 Å². The van der Waals surface area contributed by atoms with Crippen molar-refractivity contribution in [2.24, 2.45) is 0 Å². The van der Waals surface area contributed by atoms with Crippen molar-refractivity contribution in [2.45, 2.75) is 52.5 Å². The summed E-state index contributed by atoms with van der Waals surface area (Å²) in [7, 11) is 0. The number of benzene rings is 1. The molecule has 2 heteroatoms. The van der Waals surface area contributed by atoms with Gasteiger partial charge in [0.05, 0.1) is 6.04 Å². The minimum atomic E-state index is 0.350. The highest BCUT2D eigenvalue weighted by Crippen LogP contribution is 2.28. The number of aryl methyl sites for hydroxylation is 1. The minimum Gasteiger partial charge on any atom is -0.459 e. The number of furan rings is 1. The van der Waals surface area contributed by atoms with Crippen molar-refractivity contribution >= 4 is 11.0 Å². The molecule has 1 atom stereocenters. The van der Waals surface area contributed by atoms with Crippen LogP contribution in [0.25, 0.3) is 11.0 Å². The van der Waals surface area contributed by atoms with Gasteiger partial charge >= 0.3 is 0 Å². The fourth-order valence-corrected chi connectivity index (χ4v) is 2.59. The van der Waals surface area contributed by atoms with Gasteiger partial charge in [-0.1, -0.05) is 51.3 Å². The molecule has 1 N–H and O–H groups in total. The van der Waals surface area contributed by atoms with Crippen molar-refractivity contribution in [3.05, 3.63) is 35.6 Å². The second-order valence-corrected chi connectivity index (χ2v) is 5.25. The zero-order valence-electron chi connectivity index (χ0n) is 12.3. The lowest BCUT2D eigenvalue weighted by atomic mass is 10.1. The summed E-state index contributed by atoms with van der Waals surface area (Å²) in [5.41, 5.74) is 2.25. The molecule has 104 valence electrons. The van der Waals surface area contributed by atoms with E-state index < -0.39 is 0 Å². The van der Waals surface area contributed by atoms with Crippen LogP contribution in [-0.4, -0.2) is 6.54 Å². The van der Waals surface area contributed by atoms with E-state index in [1.54, 1.807) is 0 Å². The first-order valence-electron chi connectivity index (χ1n) is 7.48. The topological polar surface area (TPSA) is 25.2 Å². The van der Waals surface area contributed by atoms with Crippen molar-refractivity contribution in [1.29, 1.82) is 0 Å². The number of hydrogen-bond donors (Lipinski definition) is 1. The first-order valence-corrected chi connectivity index (χ1v) is 7.48. The molecule has 2 aromatic rings. The standard InChI is InChI=1S/C17H25NO/c1-4-6-7-11-15(18-5-2)16-12-14-10-8-9-13(3)17(14)19-16/h8-10,12,15,18H,4-7,11H2,1-3H3. The smallest absolute Gasteiger partial charge is 0.137 e. The summed E-state index contributed by atoms with van der Waals surface area (Å²) in [6, 6.07) is 8.88. The third kappa shape index (κ3) is 3.38. The van der Waals surface area contributed by atoms with E-state index in [0.29, 0.717) is 6.04 Å². The van der Waals surface area contributed by atoms with Gasteiger partial charge in [0, 0.05) is 5.39 Å². The largest absolute Gasteiger partial charge is 0.459 e. The van der Waals surface area contributed by atoms with Crippen LogP contribution < -0.4 is 5.32 Å². The molecule has 0 aliphatic rings. The molecule has 2 rings (SSSR count). The molecule has 0 amide bonds. The molecule has 19 heavy (non-hydrogen) atoms. The maximum atomic E-state index is 6.08. The predicted octanol–water partition coefficient (Wildman–Crippen LogP) is 4.97. The summed E-state index contributed by atoms with van der Waals surface area (Å²) in [5.74, 6) is 1.09. The van der Waals surface area contributed by atoms with Gasteiger partial charge in [0.25, 0.3) is 0 Å². The van der Waals surface area contributed by atoms with Crippen LogP contribution in [0.15, 0.2) is 28.7 Å². The Morgan fingerprint density at radius 1 is 1.21 bits per heavy atom. The molecule has 0 bridgehead atoms. The Labute approximate surface area is 116 Å². The first-order chi connectivity index (χ1) is 9.26. The normalized spacial score (nSPS) is 13.0. The lowest BCUT2D eigenvalue weighted by Gasteiger charge is -2.15. The lowest BCUT2D eigenvalue weighted by molar-refractivity contribution is 0.404. The number of hydrogen-bond acceptors (Lipinski definition) is 2. The van der Waals surface area contributed by atoms with Gasteiger partial charge in [-0.05, 0) is 31.5 Å². The van der Waals surface area contributed by atoms with E-state index >= 15 is 0 Å². The van der Waals surface area contributed by atoms with Gasteiger partial charge in [-0.2, -0.15) is 0 Å². The number of fused-ring (bicyclic) bond motifs is 1. The number of rotatable bonds is 7. The number of unbranched alkanes of at least 4 members (excludes halogenated alkanes) is 2. The molecule has 1 aromatic heterocycles. The molecule has 0 fully saturated rings. The van der Waals surface area contributed by atoms with Crippen LogP contribution in [0.3, 0.4) is 0 Å². The van der Waals surface area contributed by atoms with E-state index in [9.17, 15) is 0 Å². The van der Waals surface area contributed by atoms with Gasteiger partial charge in [0.1, 0.15) is 11.3 Å². The Hall–Kier alpha value is -1.28. The van der Waals surface area contributed by atoms with Crippen LogP contribution >= 0.6 is 0 Å². The van der Waals surface area contributed by atoms with Crippen LogP contribution in [-0.2, 0) is 0 Å². The third-order valence-electron chi connectivity index (χ3n) is 3.65. The zero-order chi connectivity index (χ0) is 13.7. The van der Waals surface area contributed by atoms with Gasteiger partial charge in [-0.15, -0.1) is 0 Å². The maximum absolute atomic E-state index is 6.08. The molecule has 0 aliphatic carbocycles. The minimum absolute atomic E-state index is 0.350. The molecule has 1 aromatic carbocycles. The second-order valence-electron chi connectivity index (χ2n) is 5.25. The van der Waals surface area contributed by atoms with Crippen molar-refractivity contribution in [3.63, 3.8) is 0 Å². The summed E-state index contributed by atoms with van der Waals surface area (Å²) < 4.78 is 6.08. The van der Waals surface area contributed by atoms with E-state index in [0.717, 1.165) is 24.3 Å². The molecule has 0 aliphatic heterocycles. The summed E-state index contributed by atoms with van der Waals surface area (Å²) in [6.07, 6.45) is 4.96. The van der Waals surface area contributed by atoms with E-state index in [2.05, 4.69) is 50.4 Å². The van der Waals surface area contributed by atoms with E-state index in [1.807, 2.05) is 0 Å². The Kier molecular flexibility index (Phi) is 5.03. The molecule has 1 heterocycles. The van der Waals surface area contributed by atoms with Crippen LogP contribution in [0.1, 0.15) is 56.9 Å². The molecular weight excluding hydrogens is 234 g/mol. The highest BCUT2D eigenvalue weighted by Gasteiger charge is 2.15. The maximum Gasteiger partial charge on any atom is 0.137 e. The lowest BCUT2D eigenvalue weighted by Crippen LogP contribution is -2.20. The molecular formula is C17H25NO. The summed E-state index contributed by atoms with van der Waals surface area (Å²) in [5, 5.41) is 4.76. The average Bonchev–Trinajstić information content (AvgIpc) is 2.83. The van der Waals surface area contributed by atoms with Crippen LogP contribution in [0, 0.1) is 6.92 Å². The summed E-state index contributed by atoms with van der Waals surface area (Å²) in [6.45, 7) is 7.48. The Balaban J connectivity index is 2.20. The number of nitrogens with one attached hydrogen (secondary N) is 1. The summed E-state index contributed by atoms with van der Waals surface area (Å²) >= 11 is 0. The van der Waals surface area contributed by atoms with Crippen molar-refractivity contribution in [3.8, 4) is 0 Å². The van der Waals surface area contributed by atoms with Crippen molar-refractivity contribution in [2.75, 3.05) is 6.54 Å². The quantitative estimate of drug-likeness (QED) is 0.710. The highest BCUT2D eigenvalue weighted by molar-refractivity contribution is 5.80. The fourth-order valence-electron chi connectivity index (χ4n) is 2.59. The Morgan fingerprint density at radius 2 is 2.05 bits per heavy atom. The first kappa shape index (κ1) is 14.1. The predicted molar refractivity (Wildman–Crippen MR) is 81.5 cm³/mol. The molecule has 1 unspecified atom stereocenters. The SMILES string of the molecule is CCCCCC(NCC)c1cc2cccc(C)c2o1. The van der Waals surface area contributed by atoms with Gasteiger partial charge in [-0.3, -0.25) is 0 Å². The van der Waals surface area contributed by atoms with E-state index in [-0.39, 0.29) is 0 Å². The Morgan fingerprint density at radius 3 is 2.74 bits per heavy atom. The van der Waals surface area contributed by atoms with Gasteiger partial charge < -0.3 is 9.73 Å². The van der Waals surface area contributed by atoms with Crippen LogP contribution in [0.5, 0.6) is 0 Å². The monoisotopic (exact) mass is 259 g/mol. The van der Waals surface area contributed by atoms with Crippen LogP contribution in [0.2, 0.25) is 0 Å². The molecule has 0 radical (unpaired) electrons. The molecule has 0 saturated heterocycles. The third-order valence-corrected chi connectivity index (χ3v) is 3.65. The van der Waals surface area contributed by atoms with Gasteiger partial charge in [0.2, 0.25) is 0 Å². The van der Waals surface area contributed by atoms with Gasteiger partial charge in [-0.25, -0.2) is 0 Å². The molecule has 0 saturated carbocycles. The number of para-hydroxylation sites is 1. The van der Waals surface area contributed by atoms with Crippen LogP contribution in [0.4, 0.5) is 0 Å². The fraction of sp³-hybridized carbons (Fsp3) is 0.529. The van der Waals surface area contributed by atoms with E-state index in [4.69, 9.17) is 4.42 Å². The molecule has 2 nitrogen and oxygen atoms in total. The second kappa shape index (κ2) is 6.76. The molecule has 0 spiro atoms. The average molecular weight is 259 g/mol.